The van der Waals surface area contributed by atoms with Gasteiger partial charge in [0.2, 0.25) is 0 Å². The van der Waals surface area contributed by atoms with E-state index < -0.39 is 18.8 Å². The molecule has 0 saturated heterocycles. The van der Waals surface area contributed by atoms with Gasteiger partial charge in [-0.25, -0.2) is 9.78 Å². The quantitative estimate of drug-likeness (QED) is 0.391. The number of aliphatic hydroxyl groups is 3. The zero-order chi connectivity index (χ0) is 13.3. The van der Waals surface area contributed by atoms with E-state index >= 15 is 0 Å². The summed E-state index contributed by atoms with van der Waals surface area (Å²) >= 11 is 2.06. The molecule has 0 saturated carbocycles. The van der Waals surface area contributed by atoms with Gasteiger partial charge in [-0.3, -0.25) is 0 Å². The number of H-pyrrole nitrogens is 1. The van der Waals surface area contributed by atoms with Gasteiger partial charge >= 0.3 is 5.69 Å². The molecule has 0 aliphatic rings. The van der Waals surface area contributed by atoms with Gasteiger partial charge in [-0.2, -0.15) is 0 Å². The summed E-state index contributed by atoms with van der Waals surface area (Å²) in [4.78, 5) is 25.8. The molecule has 17 heavy (non-hydrogen) atoms. The number of aromatic amines is 1. The first-order valence-electron chi connectivity index (χ1n) is 4.62. The molecule has 7 nitrogen and oxygen atoms in total. The molecular weight excluding hydrogens is 343 g/mol. The predicted molar refractivity (Wildman–Crippen MR) is 67.4 cm³/mol. The average molecular weight is 356 g/mol. The Morgan fingerprint density at radius 3 is 2.47 bits per heavy atom. The van der Waals surface area contributed by atoms with Crippen molar-refractivity contribution in [2.45, 2.75) is 18.6 Å². The van der Waals surface area contributed by atoms with Crippen LogP contribution in [0.5, 0.6) is 0 Å². The van der Waals surface area contributed by atoms with Crippen molar-refractivity contribution in [1.82, 2.24) is 9.97 Å². The minimum absolute atomic E-state index is 0.137. The Balaban J connectivity index is 0.000000302. The minimum atomic E-state index is -1.20. The highest BCUT2D eigenvalue weighted by atomic mass is 127. The number of carbonyl (C=O) groups excluding carboxylic acids is 1. The largest absolute Gasteiger partial charge is 0.394 e. The number of hydrogen-bond acceptors (Lipinski definition) is 6. The standard InChI is InChI=1S/C5H10O4.C4H3IN2O/c6-2-1-4(8)5(9)3-7;5-3-1-6-4(8)7-2-3/h2,4-5,7-9H,1,3H2;1-2H,(H,6,7,8)/t4-,5+;/m0./s1. The van der Waals surface area contributed by atoms with E-state index in [0.717, 1.165) is 3.57 Å². The molecule has 0 fully saturated rings. The lowest BCUT2D eigenvalue weighted by molar-refractivity contribution is -0.111. The van der Waals surface area contributed by atoms with Crippen molar-refractivity contribution in [1.29, 1.82) is 0 Å². The number of aliphatic hydroxyl groups excluding tert-OH is 3. The van der Waals surface area contributed by atoms with Gasteiger partial charge in [-0.1, -0.05) is 0 Å². The molecule has 0 spiro atoms. The van der Waals surface area contributed by atoms with Gasteiger partial charge < -0.3 is 25.1 Å². The van der Waals surface area contributed by atoms with Crippen LogP contribution >= 0.6 is 22.6 Å². The highest BCUT2D eigenvalue weighted by molar-refractivity contribution is 14.1. The Labute approximate surface area is 111 Å². The third-order valence-corrected chi connectivity index (χ3v) is 2.20. The van der Waals surface area contributed by atoms with Crippen molar-refractivity contribution < 1.29 is 20.1 Å². The first kappa shape index (κ1) is 16.2. The number of carbonyl (C=O) groups is 1. The molecule has 0 amide bonds. The molecule has 0 aromatic carbocycles. The van der Waals surface area contributed by atoms with Crippen LogP contribution in [0.2, 0.25) is 0 Å². The summed E-state index contributed by atoms with van der Waals surface area (Å²) in [5.41, 5.74) is -0.301. The van der Waals surface area contributed by atoms with Crippen molar-refractivity contribution in [2.24, 2.45) is 0 Å². The van der Waals surface area contributed by atoms with E-state index in [1.165, 1.54) is 6.20 Å². The predicted octanol–water partition coefficient (Wildman–Crippen LogP) is -1.34. The molecule has 0 unspecified atom stereocenters. The molecule has 1 aromatic heterocycles. The Kier molecular flexibility index (Phi) is 8.76. The number of aldehydes is 1. The number of halogens is 1. The highest BCUT2D eigenvalue weighted by Gasteiger charge is 2.13. The van der Waals surface area contributed by atoms with Gasteiger partial charge in [-0.15, -0.1) is 0 Å². The van der Waals surface area contributed by atoms with Crippen molar-refractivity contribution in [2.75, 3.05) is 6.61 Å². The lowest BCUT2D eigenvalue weighted by Crippen LogP contribution is -2.29. The van der Waals surface area contributed by atoms with Crippen LogP contribution in [0, 0.1) is 3.57 Å². The minimum Gasteiger partial charge on any atom is -0.394 e. The zero-order valence-corrected chi connectivity index (χ0v) is 10.9. The van der Waals surface area contributed by atoms with E-state index in [-0.39, 0.29) is 12.1 Å². The average Bonchev–Trinajstić information content (AvgIpc) is 2.33. The van der Waals surface area contributed by atoms with Gasteiger partial charge in [-0.05, 0) is 22.6 Å². The first-order valence-corrected chi connectivity index (χ1v) is 5.70. The molecule has 0 aliphatic heterocycles. The third kappa shape index (κ3) is 7.96. The molecule has 8 heteroatoms. The lowest BCUT2D eigenvalue weighted by atomic mass is 10.2. The Hall–Kier alpha value is -0.840. The summed E-state index contributed by atoms with van der Waals surface area (Å²) in [6.07, 6.45) is 1.14. The number of nitrogens with zero attached hydrogens (tertiary/aromatic N) is 1. The SMILES string of the molecule is O=CC[C@H](O)[C@H](O)CO.O=c1ncc(I)c[nH]1. The van der Waals surface area contributed by atoms with E-state index in [9.17, 15) is 9.59 Å². The molecule has 1 rings (SSSR count). The van der Waals surface area contributed by atoms with E-state index in [0.29, 0.717) is 6.29 Å². The van der Waals surface area contributed by atoms with Gasteiger partial charge in [0.05, 0.1) is 12.7 Å². The number of rotatable bonds is 4. The Morgan fingerprint density at radius 2 is 2.12 bits per heavy atom. The summed E-state index contributed by atoms with van der Waals surface area (Å²) < 4.78 is 0.933. The second kappa shape index (κ2) is 9.22. The molecule has 96 valence electrons. The van der Waals surface area contributed by atoms with Crippen molar-refractivity contribution >= 4 is 28.9 Å². The summed E-state index contributed by atoms with van der Waals surface area (Å²) in [5, 5.41) is 25.5. The fraction of sp³-hybridized carbons (Fsp3) is 0.444. The molecule has 0 bridgehead atoms. The summed E-state index contributed by atoms with van der Waals surface area (Å²) in [6, 6.07) is 0. The van der Waals surface area contributed by atoms with Crippen LogP contribution in [-0.4, -0.2) is 50.4 Å². The fourth-order valence-electron chi connectivity index (χ4n) is 0.703. The van der Waals surface area contributed by atoms with Crippen LogP contribution in [0.4, 0.5) is 0 Å². The van der Waals surface area contributed by atoms with Crippen LogP contribution in [0.1, 0.15) is 6.42 Å². The molecular formula is C9H13IN2O5. The third-order valence-electron chi connectivity index (χ3n) is 1.61. The number of hydrogen-bond donors (Lipinski definition) is 4. The summed E-state index contributed by atoms with van der Waals surface area (Å²) in [6.45, 7) is -0.519. The Bertz CT molecular complexity index is 363. The highest BCUT2D eigenvalue weighted by Crippen LogP contribution is 1.94. The van der Waals surface area contributed by atoms with E-state index in [1.54, 1.807) is 6.20 Å². The molecule has 1 aromatic rings. The van der Waals surface area contributed by atoms with Gasteiger partial charge in [0, 0.05) is 22.4 Å². The smallest absolute Gasteiger partial charge is 0.344 e. The van der Waals surface area contributed by atoms with Crippen molar-refractivity contribution in [3.05, 3.63) is 26.4 Å². The van der Waals surface area contributed by atoms with Crippen molar-refractivity contribution in [3.8, 4) is 0 Å². The maximum absolute atomic E-state index is 10.3. The van der Waals surface area contributed by atoms with Crippen LogP contribution in [0.15, 0.2) is 17.2 Å². The number of aromatic nitrogens is 2. The molecule has 1 heterocycles. The fourth-order valence-corrected chi connectivity index (χ4v) is 0.998. The van der Waals surface area contributed by atoms with E-state index in [4.69, 9.17) is 15.3 Å². The second-order valence-corrected chi connectivity index (χ2v) is 4.20. The molecule has 0 radical (unpaired) electrons. The summed E-state index contributed by atoms with van der Waals surface area (Å²) in [5.74, 6) is 0. The lowest BCUT2D eigenvalue weighted by Gasteiger charge is -2.11. The van der Waals surface area contributed by atoms with E-state index in [2.05, 4.69) is 32.6 Å². The van der Waals surface area contributed by atoms with Crippen LogP contribution < -0.4 is 5.69 Å². The zero-order valence-electron chi connectivity index (χ0n) is 8.78. The molecule has 2 atom stereocenters. The maximum atomic E-state index is 10.3. The number of nitrogens with one attached hydrogen (secondary N) is 1. The van der Waals surface area contributed by atoms with Crippen molar-refractivity contribution in [3.63, 3.8) is 0 Å². The van der Waals surface area contributed by atoms with Gasteiger partial charge in [0.25, 0.3) is 0 Å². The molecule has 4 N–H and O–H groups in total. The summed E-state index contributed by atoms with van der Waals surface area (Å²) in [7, 11) is 0. The topological polar surface area (TPSA) is 124 Å². The van der Waals surface area contributed by atoms with E-state index in [1.807, 2.05) is 0 Å². The first-order chi connectivity index (χ1) is 8.01. The molecule has 0 aliphatic carbocycles. The van der Waals surface area contributed by atoms with Crippen LogP contribution in [-0.2, 0) is 4.79 Å². The normalized spacial score (nSPS) is 13.2. The van der Waals surface area contributed by atoms with Gasteiger partial charge in [0.1, 0.15) is 12.4 Å². The van der Waals surface area contributed by atoms with Gasteiger partial charge in [0.15, 0.2) is 0 Å². The monoisotopic (exact) mass is 356 g/mol. The Morgan fingerprint density at radius 1 is 1.47 bits per heavy atom. The maximum Gasteiger partial charge on any atom is 0.344 e. The van der Waals surface area contributed by atoms with Crippen LogP contribution in [0.3, 0.4) is 0 Å². The van der Waals surface area contributed by atoms with Crippen LogP contribution in [0.25, 0.3) is 0 Å². The second-order valence-electron chi connectivity index (χ2n) is 2.96.